The lowest BCUT2D eigenvalue weighted by Gasteiger charge is -2.10. The molecule has 0 amide bonds. The van der Waals surface area contributed by atoms with Crippen molar-refractivity contribution >= 4 is 16.4 Å². The molecule has 0 atom stereocenters. The molecule has 0 fully saturated rings. The number of nitrogens with one attached hydrogen (secondary N) is 1. The van der Waals surface area contributed by atoms with E-state index in [0.717, 1.165) is 17.7 Å². The Hall–Kier alpha value is -2.47. The zero-order valence-corrected chi connectivity index (χ0v) is 16.8. The molecule has 0 spiro atoms. The summed E-state index contributed by atoms with van der Waals surface area (Å²) in [4.78, 5) is 11.6. The van der Waals surface area contributed by atoms with Crippen LogP contribution in [0.4, 0.5) is 13.2 Å². The van der Waals surface area contributed by atoms with Gasteiger partial charge in [-0.25, -0.2) is 4.79 Å². The highest BCUT2D eigenvalue weighted by atomic mass is 32.3. The minimum atomic E-state index is -4.67. The average Bonchev–Trinajstić information content (AvgIpc) is 2.64. The largest absolute Gasteiger partial charge is 0.462 e. The van der Waals surface area contributed by atoms with Crippen molar-refractivity contribution < 1.29 is 40.2 Å². The summed E-state index contributed by atoms with van der Waals surface area (Å²) in [7, 11) is -4.67. The molecule has 166 valence electrons. The maximum Gasteiger partial charge on any atom is 0.416 e. The van der Waals surface area contributed by atoms with E-state index in [1.165, 1.54) is 6.07 Å². The molecule has 2 rings (SSSR count). The van der Waals surface area contributed by atoms with Gasteiger partial charge in [0.1, 0.15) is 0 Å². The van der Waals surface area contributed by atoms with Gasteiger partial charge in [-0.05, 0) is 49.2 Å². The zero-order chi connectivity index (χ0) is 22.8. The van der Waals surface area contributed by atoms with Gasteiger partial charge in [0.15, 0.2) is 0 Å². The van der Waals surface area contributed by atoms with Gasteiger partial charge in [0, 0.05) is 6.54 Å². The van der Waals surface area contributed by atoms with Crippen molar-refractivity contribution in [3.63, 3.8) is 0 Å². The van der Waals surface area contributed by atoms with Crippen molar-refractivity contribution in [3.05, 3.63) is 70.8 Å². The van der Waals surface area contributed by atoms with Gasteiger partial charge >= 0.3 is 22.5 Å². The van der Waals surface area contributed by atoms with Gasteiger partial charge in [0.2, 0.25) is 0 Å². The molecule has 0 heterocycles. The van der Waals surface area contributed by atoms with Crippen molar-refractivity contribution in [1.29, 1.82) is 0 Å². The summed E-state index contributed by atoms with van der Waals surface area (Å²) >= 11 is 0. The zero-order valence-electron chi connectivity index (χ0n) is 16.0. The fourth-order valence-corrected chi connectivity index (χ4v) is 2.34. The maximum atomic E-state index is 12.7. The lowest BCUT2D eigenvalue weighted by Crippen LogP contribution is -2.17. The minimum absolute atomic E-state index is 0.333. The van der Waals surface area contributed by atoms with Gasteiger partial charge in [0.25, 0.3) is 0 Å². The highest BCUT2D eigenvalue weighted by Crippen LogP contribution is 2.29. The molecule has 0 unspecified atom stereocenters. The normalized spacial score (nSPS) is 11.4. The Bertz CT molecular complexity index is 907. The predicted molar refractivity (Wildman–Crippen MR) is 103 cm³/mol. The number of hydrogen-bond donors (Lipinski definition) is 3. The molecule has 2 aromatic carbocycles. The van der Waals surface area contributed by atoms with Crippen LogP contribution in [0.25, 0.3) is 0 Å². The van der Waals surface area contributed by atoms with E-state index in [-0.39, 0.29) is 5.97 Å². The first-order chi connectivity index (χ1) is 13.9. The molecule has 11 heteroatoms. The lowest BCUT2D eigenvalue weighted by molar-refractivity contribution is -0.137. The average molecular weight is 449 g/mol. The van der Waals surface area contributed by atoms with E-state index in [2.05, 4.69) is 5.32 Å². The topological polar surface area (TPSA) is 113 Å². The van der Waals surface area contributed by atoms with Crippen LogP contribution in [0.5, 0.6) is 0 Å². The highest BCUT2D eigenvalue weighted by Gasteiger charge is 2.30. The van der Waals surface area contributed by atoms with E-state index in [9.17, 15) is 18.0 Å². The van der Waals surface area contributed by atoms with Crippen molar-refractivity contribution in [1.82, 2.24) is 5.32 Å². The van der Waals surface area contributed by atoms with E-state index in [1.807, 2.05) is 12.1 Å². The van der Waals surface area contributed by atoms with Crippen LogP contribution in [0.1, 0.15) is 34.0 Å². The number of esters is 1. The summed E-state index contributed by atoms with van der Waals surface area (Å²) in [6, 6.07) is 12.4. The molecular weight excluding hydrogens is 427 g/mol. The number of carbonyl (C=O) groups excluding carboxylic acids is 1. The maximum absolute atomic E-state index is 12.7. The first kappa shape index (κ1) is 25.6. The first-order valence-corrected chi connectivity index (χ1v) is 10.1. The Morgan fingerprint density at radius 2 is 1.67 bits per heavy atom. The van der Waals surface area contributed by atoms with Crippen LogP contribution in [0.2, 0.25) is 0 Å². The number of benzene rings is 2. The van der Waals surface area contributed by atoms with Gasteiger partial charge in [-0.1, -0.05) is 30.3 Å². The van der Waals surface area contributed by atoms with Crippen LogP contribution < -0.4 is 5.32 Å². The number of alkyl halides is 3. The van der Waals surface area contributed by atoms with Gasteiger partial charge in [-0.2, -0.15) is 21.6 Å². The van der Waals surface area contributed by atoms with Crippen molar-refractivity contribution in [2.24, 2.45) is 0 Å². The molecule has 30 heavy (non-hydrogen) atoms. The van der Waals surface area contributed by atoms with Gasteiger partial charge < -0.3 is 10.1 Å². The Morgan fingerprint density at radius 3 is 2.20 bits per heavy atom. The summed E-state index contributed by atoms with van der Waals surface area (Å²) in [5.41, 5.74) is 1.49. The predicted octanol–water partition coefficient (Wildman–Crippen LogP) is 3.56. The molecule has 0 bridgehead atoms. The standard InChI is InChI=1S/C19H20F3NO2.H2O4S/c1-2-25-18(24)16-8-6-14(7-9-16)10-11-23-13-15-4-3-5-17(12-15)19(20,21)22;1-5(2,3)4/h3-9,12,23H,2,10-11,13H2,1H3;(H2,1,2,3,4). The Labute approximate surface area is 172 Å². The number of carbonyl (C=O) groups is 1. The fourth-order valence-electron chi connectivity index (χ4n) is 2.34. The molecular formula is C19H22F3NO6S. The molecule has 7 nitrogen and oxygen atoms in total. The van der Waals surface area contributed by atoms with Crippen molar-refractivity contribution in [2.45, 2.75) is 26.1 Å². The molecule has 0 aliphatic heterocycles. The Balaban J connectivity index is 0.000000804. The monoisotopic (exact) mass is 449 g/mol. The van der Waals surface area contributed by atoms with E-state index in [1.54, 1.807) is 25.1 Å². The van der Waals surface area contributed by atoms with Gasteiger partial charge in [-0.3, -0.25) is 9.11 Å². The molecule has 0 radical (unpaired) electrons. The summed E-state index contributed by atoms with van der Waals surface area (Å²) < 4.78 is 74.5. The number of rotatable bonds is 7. The van der Waals surface area contributed by atoms with E-state index in [4.69, 9.17) is 22.3 Å². The molecule has 3 N–H and O–H groups in total. The van der Waals surface area contributed by atoms with E-state index >= 15 is 0 Å². The fraction of sp³-hybridized carbons (Fsp3) is 0.316. The van der Waals surface area contributed by atoms with Crippen LogP contribution in [-0.2, 0) is 34.3 Å². The molecule has 0 aromatic heterocycles. The molecule has 0 aliphatic rings. The highest BCUT2D eigenvalue weighted by molar-refractivity contribution is 7.79. The lowest BCUT2D eigenvalue weighted by atomic mass is 10.1. The third kappa shape index (κ3) is 10.9. The number of hydrogen-bond acceptors (Lipinski definition) is 5. The van der Waals surface area contributed by atoms with Crippen LogP contribution >= 0.6 is 0 Å². The second-order valence-electron chi connectivity index (χ2n) is 5.99. The molecule has 0 saturated carbocycles. The van der Waals surface area contributed by atoms with Crippen LogP contribution in [0.15, 0.2) is 48.5 Å². The number of halogens is 3. The van der Waals surface area contributed by atoms with Crippen LogP contribution in [0, 0.1) is 0 Å². The van der Waals surface area contributed by atoms with Crippen LogP contribution in [0.3, 0.4) is 0 Å². The SMILES string of the molecule is CCOC(=O)c1ccc(CCNCc2cccc(C(F)(F)F)c2)cc1.O=S(=O)(O)O. The summed E-state index contributed by atoms with van der Waals surface area (Å²) in [6.45, 7) is 3.07. The van der Waals surface area contributed by atoms with Gasteiger partial charge in [0.05, 0.1) is 17.7 Å². The van der Waals surface area contributed by atoms with E-state index in [0.29, 0.717) is 37.2 Å². The summed E-state index contributed by atoms with van der Waals surface area (Å²) in [6.07, 6.45) is -3.61. The number of ether oxygens (including phenoxy) is 1. The van der Waals surface area contributed by atoms with Crippen molar-refractivity contribution in [3.8, 4) is 0 Å². The Kier molecular flexibility index (Phi) is 9.93. The third-order valence-corrected chi connectivity index (χ3v) is 3.64. The molecule has 0 aliphatic carbocycles. The molecule has 2 aromatic rings. The minimum Gasteiger partial charge on any atom is -0.462 e. The summed E-state index contributed by atoms with van der Waals surface area (Å²) in [5.74, 6) is -0.350. The van der Waals surface area contributed by atoms with Crippen LogP contribution in [-0.4, -0.2) is 36.6 Å². The Morgan fingerprint density at radius 1 is 1.07 bits per heavy atom. The first-order valence-electron chi connectivity index (χ1n) is 8.73. The van der Waals surface area contributed by atoms with E-state index < -0.39 is 22.1 Å². The summed E-state index contributed by atoms with van der Waals surface area (Å²) in [5, 5.41) is 3.13. The second-order valence-corrected chi connectivity index (χ2v) is 6.89. The quantitative estimate of drug-likeness (QED) is 0.337. The third-order valence-electron chi connectivity index (χ3n) is 3.64. The second kappa shape index (κ2) is 11.6. The van der Waals surface area contributed by atoms with Gasteiger partial charge in [-0.15, -0.1) is 0 Å². The molecule has 0 saturated heterocycles. The van der Waals surface area contributed by atoms with Crippen molar-refractivity contribution in [2.75, 3.05) is 13.2 Å². The smallest absolute Gasteiger partial charge is 0.416 e.